The Labute approximate surface area is 187 Å². The average molecular weight is 461 g/mol. The highest BCUT2D eigenvalue weighted by Gasteiger charge is 2.49. The minimum Gasteiger partial charge on any atom is -0.289 e. The van der Waals surface area contributed by atoms with Crippen molar-refractivity contribution in [1.82, 2.24) is 10.5 Å². The number of carbonyl (C=O) groups excluding carboxylic acids is 1. The molecule has 0 saturated carbocycles. The van der Waals surface area contributed by atoms with E-state index in [4.69, 9.17) is 4.98 Å². The van der Waals surface area contributed by atoms with Crippen molar-refractivity contribution in [2.24, 2.45) is 0 Å². The lowest BCUT2D eigenvalue weighted by atomic mass is 9.99. The molecule has 8 heteroatoms. The van der Waals surface area contributed by atoms with E-state index in [1.54, 1.807) is 24.5 Å². The monoisotopic (exact) mass is 460 g/mol. The minimum absolute atomic E-state index is 0.0599. The molecule has 3 aromatic rings. The Morgan fingerprint density at radius 2 is 1.84 bits per heavy atom. The van der Waals surface area contributed by atoms with Crippen molar-refractivity contribution < 1.29 is 18.4 Å². The van der Waals surface area contributed by atoms with E-state index in [1.807, 2.05) is 26.0 Å². The lowest BCUT2D eigenvalue weighted by Crippen LogP contribution is -2.51. The third kappa shape index (κ3) is 4.00. The van der Waals surface area contributed by atoms with Gasteiger partial charge in [0.1, 0.15) is 5.01 Å². The van der Waals surface area contributed by atoms with Crippen LogP contribution in [0.15, 0.2) is 41.3 Å². The van der Waals surface area contributed by atoms with Crippen molar-refractivity contribution in [2.45, 2.75) is 63.0 Å². The number of fused-ring (bicyclic) bond motifs is 1. The van der Waals surface area contributed by atoms with Gasteiger partial charge in [-0.15, -0.1) is 11.3 Å². The van der Waals surface area contributed by atoms with E-state index in [2.05, 4.69) is 19.1 Å². The Hall–Kier alpha value is -2.29. The van der Waals surface area contributed by atoms with E-state index in [0.29, 0.717) is 6.42 Å². The fraction of sp³-hybridized carbons (Fsp3) is 0.391. The van der Waals surface area contributed by atoms with E-state index < -0.39 is 20.5 Å². The van der Waals surface area contributed by atoms with Crippen LogP contribution in [0.3, 0.4) is 0 Å². The summed E-state index contributed by atoms with van der Waals surface area (Å²) < 4.78 is 26.3. The SMILES string of the molecule is CCCC(CC)(C(=O)NO)S(=O)(=O)c1cc(C)c2nc(-c3ccc(CC)cc3)sc2c1. The van der Waals surface area contributed by atoms with Crippen LogP contribution in [0, 0.1) is 6.92 Å². The van der Waals surface area contributed by atoms with E-state index in [0.717, 1.165) is 32.8 Å². The van der Waals surface area contributed by atoms with Crippen LogP contribution in [0.2, 0.25) is 0 Å². The number of thiazole rings is 1. The summed E-state index contributed by atoms with van der Waals surface area (Å²) in [4.78, 5) is 17.3. The average Bonchev–Trinajstić information content (AvgIpc) is 3.21. The highest BCUT2D eigenvalue weighted by Crippen LogP contribution is 2.38. The lowest BCUT2D eigenvalue weighted by Gasteiger charge is -2.29. The van der Waals surface area contributed by atoms with Gasteiger partial charge in [-0.05, 0) is 49.4 Å². The molecule has 0 saturated heterocycles. The maximum atomic E-state index is 13.6. The molecule has 1 aromatic heterocycles. The molecule has 0 aliphatic heterocycles. The molecule has 3 rings (SSSR count). The van der Waals surface area contributed by atoms with E-state index in [9.17, 15) is 18.4 Å². The van der Waals surface area contributed by atoms with Crippen LogP contribution >= 0.6 is 11.3 Å². The van der Waals surface area contributed by atoms with Gasteiger partial charge in [0, 0.05) is 5.56 Å². The molecule has 0 spiro atoms. The standard InChI is InChI=1S/C23H28N2O4S2/c1-5-12-23(7-3,22(26)25-27)31(28,29)18-13-15(4)20-19(14-18)30-21(24-20)17-10-8-16(6-2)9-11-17/h8-11,13-14,27H,5-7,12H2,1-4H3,(H,25,26). The van der Waals surface area contributed by atoms with Gasteiger partial charge in [-0.25, -0.2) is 18.9 Å². The lowest BCUT2D eigenvalue weighted by molar-refractivity contribution is -0.132. The third-order valence-corrected chi connectivity index (χ3v) is 9.45. The van der Waals surface area contributed by atoms with Crippen molar-refractivity contribution >= 4 is 37.3 Å². The molecule has 1 heterocycles. The summed E-state index contributed by atoms with van der Waals surface area (Å²) in [6, 6.07) is 11.4. The number of benzene rings is 2. The second-order valence-electron chi connectivity index (χ2n) is 7.70. The Balaban J connectivity index is 2.15. The molecule has 2 aromatic carbocycles. The van der Waals surface area contributed by atoms with Gasteiger partial charge in [0.05, 0.1) is 15.1 Å². The topological polar surface area (TPSA) is 96.4 Å². The van der Waals surface area contributed by atoms with Crippen LogP contribution in [0.4, 0.5) is 0 Å². The van der Waals surface area contributed by atoms with Gasteiger partial charge in [-0.3, -0.25) is 10.0 Å². The fourth-order valence-corrected chi connectivity index (χ4v) is 7.32. The quantitative estimate of drug-likeness (QED) is 0.362. The van der Waals surface area contributed by atoms with Gasteiger partial charge in [-0.2, -0.15) is 0 Å². The van der Waals surface area contributed by atoms with Crippen molar-refractivity contribution in [1.29, 1.82) is 0 Å². The van der Waals surface area contributed by atoms with Crippen LogP contribution in [0.1, 0.15) is 51.2 Å². The van der Waals surface area contributed by atoms with E-state index in [1.165, 1.54) is 16.9 Å². The molecular formula is C23H28N2O4S2. The molecule has 6 nitrogen and oxygen atoms in total. The summed E-state index contributed by atoms with van der Waals surface area (Å²) in [7, 11) is -4.06. The summed E-state index contributed by atoms with van der Waals surface area (Å²) in [5.41, 5.74) is 5.28. The fourth-order valence-electron chi connectivity index (χ4n) is 3.96. The highest BCUT2D eigenvalue weighted by atomic mass is 32.2. The first-order valence-electron chi connectivity index (χ1n) is 10.4. The zero-order chi connectivity index (χ0) is 22.8. The summed E-state index contributed by atoms with van der Waals surface area (Å²) in [5, 5.41) is 10.1. The zero-order valence-electron chi connectivity index (χ0n) is 18.2. The van der Waals surface area contributed by atoms with Gasteiger partial charge in [0.25, 0.3) is 5.91 Å². The Morgan fingerprint density at radius 3 is 2.39 bits per heavy atom. The van der Waals surface area contributed by atoms with Crippen LogP contribution < -0.4 is 5.48 Å². The summed E-state index contributed by atoms with van der Waals surface area (Å²) in [6.45, 7) is 7.39. The van der Waals surface area contributed by atoms with Crippen molar-refractivity contribution in [2.75, 3.05) is 0 Å². The van der Waals surface area contributed by atoms with Crippen molar-refractivity contribution in [3.8, 4) is 10.6 Å². The molecule has 2 N–H and O–H groups in total. The summed E-state index contributed by atoms with van der Waals surface area (Å²) >= 11 is 1.43. The third-order valence-electron chi connectivity index (χ3n) is 5.83. The molecule has 1 unspecified atom stereocenters. The number of amides is 1. The number of rotatable bonds is 8. The smallest absolute Gasteiger partial charge is 0.265 e. The van der Waals surface area contributed by atoms with Gasteiger partial charge >= 0.3 is 0 Å². The predicted octanol–water partition coefficient (Wildman–Crippen LogP) is 5.06. The summed E-state index contributed by atoms with van der Waals surface area (Å²) in [6.07, 6.45) is 1.62. The van der Waals surface area contributed by atoms with Gasteiger partial charge in [-0.1, -0.05) is 51.5 Å². The number of aromatic nitrogens is 1. The molecular weight excluding hydrogens is 432 g/mol. The molecule has 1 amide bonds. The second-order valence-corrected chi connectivity index (χ2v) is 11.0. The molecule has 166 valence electrons. The van der Waals surface area contributed by atoms with E-state index >= 15 is 0 Å². The summed E-state index contributed by atoms with van der Waals surface area (Å²) in [5.74, 6) is -0.893. The first-order chi connectivity index (χ1) is 14.7. The largest absolute Gasteiger partial charge is 0.289 e. The number of sulfone groups is 1. The normalized spacial score (nSPS) is 13.8. The van der Waals surface area contributed by atoms with Crippen molar-refractivity contribution in [3.05, 3.63) is 47.5 Å². The maximum absolute atomic E-state index is 13.6. The number of nitrogens with zero attached hydrogens (tertiary/aromatic N) is 1. The second kappa shape index (κ2) is 9.06. The molecule has 0 aliphatic carbocycles. The van der Waals surface area contributed by atoms with Crippen LogP contribution in [0.25, 0.3) is 20.8 Å². The molecule has 31 heavy (non-hydrogen) atoms. The molecule has 1 atom stereocenters. The van der Waals surface area contributed by atoms with Crippen LogP contribution in [0.5, 0.6) is 0 Å². The number of nitrogens with one attached hydrogen (secondary N) is 1. The number of hydrogen-bond acceptors (Lipinski definition) is 6. The number of hydrogen-bond donors (Lipinski definition) is 2. The van der Waals surface area contributed by atoms with Crippen molar-refractivity contribution in [3.63, 3.8) is 0 Å². The van der Waals surface area contributed by atoms with Crippen LogP contribution in [-0.4, -0.2) is 29.3 Å². The zero-order valence-corrected chi connectivity index (χ0v) is 19.9. The minimum atomic E-state index is -4.06. The number of carbonyl (C=O) groups is 1. The number of hydroxylamine groups is 1. The molecule has 0 aliphatic rings. The molecule has 0 bridgehead atoms. The highest BCUT2D eigenvalue weighted by molar-refractivity contribution is 7.93. The van der Waals surface area contributed by atoms with Gasteiger partial charge in [0.2, 0.25) is 0 Å². The van der Waals surface area contributed by atoms with Gasteiger partial charge in [0.15, 0.2) is 14.6 Å². The Morgan fingerprint density at radius 1 is 1.16 bits per heavy atom. The van der Waals surface area contributed by atoms with Gasteiger partial charge < -0.3 is 0 Å². The first kappa shape index (κ1) is 23.4. The Bertz CT molecular complexity index is 1200. The van der Waals surface area contributed by atoms with E-state index in [-0.39, 0.29) is 17.7 Å². The number of aryl methyl sites for hydroxylation is 2. The maximum Gasteiger partial charge on any atom is 0.265 e. The predicted molar refractivity (Wildman–Crippen MR) is 124 cm³/mol. The molecule has 0 radical (unpaired) electrons. The molecule has 0 fully saturated rings. The van der Waals surface area contributed by atoms with Crippen LogP contribution in [-0.2, 0) is 21.1 Å². The first-order valence-corrected chi connectivity index (χ1v) is 12.7. The Kier molecular flexibility index (Phi) is 6.83.